The van der Waals surface area contributed by atoms with Crippen molar-refractivity contribution in [3.63, 3.8) is 0 Å². The van der Waals surface area contributed by atoms with Gasteiger partial charge in [-0.1, -0.05) is 176 Å². The number of benzene rings is 10. The Morgan fingerprint density at radius 3 is 1.51 bits per heavy atom. The number of hydrogen-bond acceptors (Lipinski definition) is 1. The molecule has 248 valence electrons. The molecule has 53 heavy (non-hydrogen) atoms. The third-order valence-electron chi connectivity index (χ3n) is 10.6. The van der Waals surface area contributed by atoms with Crippen LogP contribution in [0.25, 0.3) is 76.5 Å². The fourth-order valence-corrected chi connectivity index (χ4v) is 8.28. The van der Waals surface area contributed by atoms with Crippen LogP contribution in [0.1, 0.15) is 0 Å². The first-order valence-electron chi connectivity index (χ1n) is 18.3. The van der Waals surface area contributed by atoms with Crippen molar-refractivity contribution in [2.24, 2.45) is 0 Å². The molecule has 0 unspecified atom stereocenters. The summed E-state index contributed by atoms with van der Waals surface area (Å²) < 4.78 is 0. The molecule has 0 amide bonds. The second-order valence-corrected chi connectivity index (χ2v) is 13.6. The minimum absolute atomic E-state index is 1.12. The van der Waals surface area contributed by atoms with E-state index >= 15 is 0 Å². The zero-order valence-electron chi connectivity index (χ0n) is 29.2. The molecule has 10 aromatic rings. The number of fused-ring (bicyclic) bond motifs is 7. The van der Waals surface area contributed by atoms with Gasteiger partial charge in [0, 0.05) is 16.8 Å². The van der Waals surface area contributed by atoms with Crippen molar-refractivity contribution >= 4 is 60.2 Å². The lowest BCUT2D eigenvalue weighted by Gasteiger charge is -2.28. The van der Waals surface area contributed by atoms with Crippen molar-refractivity contribution in [1.82, 2.24) is 0 Å². The molecule has 0 aliphatic heterocycles. The third kappa shape index (κ3) is 5.25. The minimum Gasteiger partial charge on any atom is -0.310 e. The highest BCUT2D eigenvalue weighted by molar-refractivity contribution is 6.33. The molecule has 0 aliphatic rings. The van der Waals surface area contributed by atoms with Gasteiger partial charge in [0.25, 0.3) is 0 Å². The van der Waals surface area contributed by atoms with Crippen LogP contribution in [-0.4, -0.2) is 0 Å². The molecule has 0 aliphatic carbocycles. The molecule has 1 nitrogen and oxygen atoms in total. The van der Waals surface area contributed by atoms with E-state index in [1.807, 2.05) is 0 Å². The largest absolute Gasteiger partial charge is 0.310 e. The highest BCUT2D eigenvalue weighted by Crippen LogP contribution is 2.50. The number of hydrogen-bond donors (Lipinski definition) is 0. The van der Waals surface area contributed by atoms with E-state index in [0.717, 1.165) is 17.1 Å². The first kappa shape index (κ1) is 30.8. The summed E-state index contributed by atoms with van der Waals surface area (Å²) in [6.07, 6.45) is 0. The molecular formula is C52H35N. The quantitative estimate of drug-likeness (QED) is 0.159. The Morgan fingerprint density at radius 2 is 0.811 bits per heavy atom. The molecule has 0 aromatic heterocycles. The number of nitrogens with zero attached hydrogens (tertiary/aromatic N) is 1. The van der Waals surface area contributed by atoms with Crippen LogP contribution in [0, 0.1) is 0 Å². The zero-order chi connectivity index (χ0) is 35.1. The summed E-state index contributed by atoms with van der Waals surface area (Å²) in [4.78, 5) is 2.41. The number of anilines is 3. The molecule has 0 atom stereocenters. The summed E-state index contributed by atoms with van der Waals surface area (Å²) in [5.74, 6) is 0. The molecule has 0 bridgehead atoms. The van der Waals surface area contributed by atoms with Crippen LogP contribution in [0.2, 0.25) is 0 Å². The smallest absolute Gasteiger partial charge is 0.0540 e. The topological polar surface area (TPSA) is 3.24 Å². The van der Waals surface area contributed by atoms with E-state index in [9.17, 15) is 0 Å². The molecule has 10 aromatic carbocycles. The minimum atomic E-state index is 1.12. The lowest BCUT2D eigenvalue weighted by atomic mass is 9.81. The first-order chi connectivity index (χ1) is 26.3. The summed E-state index contributed by atoms with van der Waals surface area (Å²) >= 11 is 0. The lowest BCUT2D eigenvalue weighted by molar-refractivity contribution is 1.30. The second-order valence-electron chi connectivity index (χ2n) is 13.6. The van der Waals surface area contributed by atoms with Crippen molar-refractivity contribution in [2.45, 2.75) is 0 Å². The molecular weight excluding hydrogens is 639 g/mol. The van der Waals surface area contributed by atoms with Crippen molar-refractivity contribution in [1.29, 1.82) is 0 Å². The van der Waals surface area contributed by atoms with Crippen LogP contribution in [0.4, 0.5) is 17.1 Å². The van der Waals surface area contributed by atoms with Gasteiger partial charge in [-0.25, -0.2) is 0 Å². The van der Waals surface area contributed by atoms with E-state index in [-0.39, 0.29) is 0 Å². The molecule has 0 N–H and O–H groups in total. The SMILES string of the molecule is c1ccc(-c2cc(-c3ccccc3)c3c4ccc(N(c5ccccc5)c5cccc6ccccc56)cc4c4ccccc4c3c2-c2ccccc2)cc1. The molecule has 0 heterocycles. The zero-order valence-corrected chi connectivity index (χ0v) is 29.2. The second kappa shape index (κ2) is 13.0. The monoisotopic (exact) mass is 673 g/mol. The van der Waals surface area contributed by atoms with E-state index in [0.29, 0.717) is 0 Å². The fourth-order valence-electron chi connectivity index (χ4n) is 8.28. The Morgan fingerprint density at radius 1 is 0.283 bits per heavy atom. The average molecular weight is 674 g/mol. The van der Waals surface area contributed by atoms with Gasteiger partial charge in [0.05, 0.1) is 5.69 Å². The summed E-state index contributed by atoms with van der Waals surface area (Å²) in [5.41, 5.74) is 10.7. The van der Waals surface area contributed by atoms with E-state index < -0.39 is 0 Å². The van der Waals surface area contributed by atoms with Gasteiger partial charge in [-0.3, -0.25) is 0 Å². The van der Waals surface area contributed by atoms with Crippen LogP contribution in [-0.2, 0) is 0 Å². The Balaban J connectivity index is 1.36. The van der Waals surface area contributed by atoms with Gasteiger partial charge in [-0.2, -0.15) is 0 Å². The van der Waals surface area contributed by atoms with Crippen LogP contribution >= 0.6 is 0 Å². The van der Waals surface area contributed by atoms with Crippen molar-refractivity contribution in [3.8, 4) is 33.4 Å². The Bertz CT molecular complexity index is 2910. The standard InChI is InChI=1S/C52H35N/c1-5-18-37(19-6-1)46-35-47(38-20-7-2-8-21-38)51-45-33-32-41(53(40-26-11-4-12-27-40)49-31-17-25-36-22-13-14-28-42(36)49)34-48(45)43-29-15-16-30-44(43)52(51)50(46)39-23-9-3-10-24-39/h1-35H. The van der Waals surface area contributed by atoms with Gasteiger partial charge in [0.2, 0.25) is 0 Å². The summed E-state index contributed by atoms with van der Waals surface area (Å²) in [6, 6.07) is 77.2. The van der Waals surface area contributed by atoms with E-state index in [2.05, 4.69) is 217 Å². The molecule has 0 saturated heterocycles. The predicted octanol–water partition coefficient (Wildman–Crippen LogP) is 14.8. The van der Waals surface area contributed by atoms with Crippen LogP contribution < -0.4 is 4.90 Å². The van der Waals surface area contributed by atoms with Gasteiger partial charge >= 0.3 is 0 Å². The normalized spacial score (nSPS) is 11.4. The van der Waals surface area contributed by atoms with Gasteiger partial charge in [-0.05, 0) is 107 Å². The first-order valence-corrected chi connectivity index (χ1v) is 18.3. The fraction of sp³-hybridized carbons (Fsp3) is 0. The highest BCUT2D eigenvalue weighted by Gasteiger charge is 2.23. The Kier molecular flexibility index (Phi) is 7.55. The molecule has 0 radical (unpaired) electrons. The molecule has 0 fully saturated rings. The Labute approximate surface area is 309 Å². The maximum absolute atomic E-state index is 2.43. The van der Waals surface area contributed by atoms with Crippen molar-refractivity contribution < 1.29 is 0 Å². The summed E-state index contributed by atoms with van der Waals surface area (Å²) in [7, 11) is 0. The average Bonchev–Trinajstić information content (AvgIpc) is 3.24. The Hall–Kier alpha value is -6.96. The van der Waals surface area contributed by atoms with Gasteiger partial charge in [-0.15, -0.1) is 0 Å². The van der Waals surface area contributed by atoms with Crippen molar-refractivity contribution in [3.05, 3.63) is 212 Å². The molecule has 0 saturated carbocycles. The van der Waals surface area contributed by atoms with E-state index in [1.54, 1.807) is 0 Å². The van der Waals surface area contributed by atoms with E-state index in [1.165, 1.54) is 76.5 Å². The van der Waals surface area contributed by atoms with Gasteiger partial charge < -0.3 is 4.90 Å². The maximum atomic E-state index is 2.43. The maximum Gasteiger partial charge on any atom is 0.0540 e. The van der Waals surface area contributed by atoms with Crippen molar-refractivity contribution in [2.75, 3.05) is 4.90 Å². The van der Waals surface area contributed by atoms with Gasteiger partial charge in [0.15, 0.2) is 0 Å². The van der Waals surface area contributed by atoms with Gasteiger partial charge in [0.1, 0.15) is 0 Å². The third-order valence-corrected chi connectivity index (χ3v) is 10.6. The van der Waals surface area contributed by atoms with E-state index in [4.69, 9.17) is 0 Å². The van der Waals surface area contributed by atoms with Crippen LogP contribution in [0.15, 0.2) is 212 Å². The molecule has 0 spiro atoms. The summed E-state index contributed by atoms with van der Waals surface area (Å²) in [5, 5.41) is 9.95. The number of para-hydroxylation sites is 1. The lowest BCUT2D eigenvalue weighted by Crippen LogP contribution is -2.10. The molecule has 10 rings (SSSR count). The van der Waals surface area contributed by atoms with Crippen LogP contribution in [0.3, 0.4) is 0 Å². The van der Waals surface area contributed by atoms with Crippen LogP contribution in [0.5, 0.6) is 0 Å². The summed E-state index contributed by atoms with van der Waals surface area (Å²) in [6.45, 7) is 0. The highest BCUT2D eigenvalue weighted by atomic mass is 15.1. The molecule has 1 heteroatoms. The predicted molar refractivity (Wildman–Crippen MR) is 227 cm³/mol. The number of rotatable bonds is 6.